The molecule has 0 radical (unpaired) electrons. The number of aromatic nitrogens is 3. The van der Waals surface area contributed by atoms with E-state index in [1.165, 1.54) is 4.88 Å². The molecule has 0 saturated carbocycles. The molecule has 0 aliphatic rings. The number of nitrogens with two attached hydrogens (primary N) is 1. The largest absolute Gasteiger partial charge is 0.463 e. The normalized spacial score (nSPS) is 10.2. The van der Waals surface area contributed by atoms with Crippen LogP contribution in [0.3, 0.4) is 0 Å². The first kappa shape index (κ1) is 13.5. The Morgan fingerprint density at radius 2 is 2.16 bits per heavy atom. The summed E-state index contributed by atoms with van der Waals surface area (Å²) in [4.78, 5) is 13.5. The lowest BCUT2D eigenvalue weighted by atomic mass is 10.5. The van der Waals surface area contributed by atoms with Gasteiger partial charge in [0.2, 0.25) is 11.9 Å². The van der Waals surface area contributed by atoms with Gasteiger partial charge in [0.25, 0.3) is 0 Å². The second kappa shape index (κ2) is 6.86. The number of nitrogens with one attached hydrogen (secondary N) is 2. The second-order valence-electron chi connectivity index (χ2n) is 3.69. The Kier molecular flexibility index (Phi) is 4.87. The monoisotopic (exact) mass is 280 g/mol. The molecule has 0 unspecified atom stereocenters. The molecule has 0 atom stereocenters. The van der Waals surface area contributed by atoms with Gasteiger partial charge in [-0.25, -0.2) is 5.84 Å². The van der Waals surface area contributed by atoms with Crippen LogP contribution in [0, 0.1) is 0 Å². The van der Waals surface area contributed by atoms with Crippen molar-refractivity contribution < 1.29 is 4.74 Å². The van der Waals surface area contributed by atoms with Crippen LogP contribution in [-0.4, -0.2) is 21.6 Å². The highest BCUT2D eigenvalue weighted by atomic mass is 32.1. The molecule has 8 heteroatoms. The molecule has 102 valence electrons. The van der Waals surface area contributed by atoms with Gasteiger partial charge in [-0.3, -0.25) is 5.43 Å². The van der Waals surface area contributed by atoms with E-state index in [1.54, 1.807) is 11.3 Å². The third-order valence-corrected chi connectivity index (χ3v) is 3.06. The fraction of sp³-hybridized carbons (Fsp3) is 0.364. The van der Waals surface area contributed by atoms with Crippen molar-refractivity contribution in [2.75, 3.05) is 17.3 Å². The van der Waals surface area contributed by atoms with E-state index in [9.17, 15) is 0 Å². The predicted octanol–water partition coefficient (Wildman–Crippen LogP) is 1.62. The first-order valence-electron chi connectivity index (χ1n) is 5.93. The summed E-state index contributed by atoms with van der Waals surface area (Å²) in [6, 6.07) is 4.30. The topological polar surface area (TPSA) is 98.0 Å². The standard InChI is InChI=1S/C11H16N6OS/c1-2-5-18-11-15-9(14-10(16-11)17-12)13-7-8-4-3-6-19-8/h3-4,6H,2,5,7,12H2,1H3,(H2,13,14,15,16,17). The molecule has 0 aliphatic carbocycles. The van der Waals surface area contributed by atoms with Crippen LogP contribution in [0.4, 0.5) is 11.9 Å². The Morgan fingerprint density at radius 3 is 2.84 bits per heavy atom. The van der Waals surface area contributed by atoms with Crippen LogP contribution in [0.2, 0.25) is 0 Å². The molecule has 2 rings (SSSR count). The average Bonchev–Trinajstić information content (AvgIpc) is 2.96. The highest BCUT2D eigenvalue weighted by molar-refractivity contribution is 7.09. The maximum absolute atomic E-state index is 5.38. The minimum Gasteiger partial charge on any atom is -0.463 e. The third-order valence-electron chi connectivity index (χ3n) is 2.18. The van der Waals surface area contributed by atoms with E-state index in [-0.39, 0.29) is 12.0 Å². The van der Waals surface area contributed by atoms with Gasteiger partial charge in [-0.05, 0) is 17.9 Å². The van der Waals surface area contributed by atoms with Crippen molar-refractivity contribution in [3.05, 3.63) is 22.4 Å². The van der Waals surface area contributed by atoms with Crippen molar-refractivity contribution in [3.63, 3.8) is 0 Å². The number of hydrazine groups is 1. The van der Waals surface area contributed by atoms with Crippen LogP contribution in [0.1, 0.15) is 18.2 Å². The van der Waals surface area contributed by atoms with E-state index < -0.39 is 0 Å². The van der Waals surface area contributed by atoms with Gasteiger partial charge in [0.05, 0.1) is 13.2 Å². The number of ether oxygens (including phenoxy) is 1. The maximum atomic E-state index is 5.38. The molecular formula is C11H16N6OS. The maximum Gasteiger partial charge on any atom is 0.323 e. The van der Waals surface area contributed by atoms with Gasteiger partial charge >= 0.3 is 6.01 Å². The van der Waals surface area contributed by atoms with Gasteiger partial charge in [-0.1, -0.05) is 13.0 Å². The molecule has 0 bridgehead atoms. The lowest BCUT2D eigenvalue weighted by Crippen LogP contribution is -2.14. The number of nitrogens with zero attached hydrogens (tertiary/aromatic N) is 3. The number of thiophene rings is 1. The fourth-order valence-corrected chi connectivity index (χ4v) is 1.98. The first-order chi connectivity index (χ1) is 9.31. The van der Waals surface area contributed by atoms with Crippen LogP contribution in [0.15, 0.2) is 17.5 Å². The Morgan fingerprint density at radius 1 is 1.32 bits per heavy atom. The molecule has 0 saturated heterocycles. The highest BCUT2D eigenvalue weighted by Crippen LogP contribution is 2.13. The minimum atomic E-state index is 0.262. The molecule has 0 spiro atoms. The van der Waals surface area contributed by atoms with Crippen LogP contribution in [0.5, 0.6) is 6.01 Å². The van der Waals surface area contributed by atoms with E-state index in [0.717, 1.165) is 6.42 Å². The zero-order valence-corrected chi connectivity index (χ0v) is 11.4. The average molecular weight is 280 g/mol. The summed E-state index contributed by atoms with van der Waals surface area (Å²) in [5.41, 5.74) is 2.40. The Hall–Kier alpha value is -1.93. The summed E-state index contributed by atoms with van der Waals surface area (Å²) in [5.74, 6) is 6.03. The summed E-state index contributed by atoms with van der Waals surface area (Å²) in [6.45, 7) is 3.22. The zero-order valence-electron chi connectivity index (χ0n) is 10.6. The van der Waals surface area contributed by atoms with Gasteiger partial charge in [-0.15, -0.1) is 11.3 Å². The summed E-state index contributed by atoms with van der Waals surface area (Å²) in [6.07, 6.45) is 0.884. The number of anilines is 2. The number of hydrogen-bond acceptors (Lipinski definition) is 8. The van der Waals surface area contributed by atoms with Gasteiger partial charge in [-0.2, -0.15) is 15.0 Å². The summed E-state index contributed by atoms with van der Waals surface area (Å²) < 4.78 is 5.38. The minimum absolute atomic E-state index is 0.262. The molecule has 0 aromatic carbocycles. The molecular weight excluding hydrogens is 264 g/mol. The quantitative estimate of drug-likeness (QED) is 0.523. The van der Waals surface area contributed by atoms with Gasteiger partial charge in [0.15, 0.2) is 0 Å². The lowest BCUT2D eigenvalue weighted by Gasteiger charge is -2.08. The molecule has 0 amide bonds. The van der Waals surface area contributed by atoms with E-state index in [4.69, 9.17) is 10.6 Å². The highest BCUT2D eigenvalue weighted by Gasteiger charge is 2.06. The van der Waals surface area contributed by atoms with Gasteiger partial charge in [0, 0.05) is 4.88 Å². The number of rotatable bonds is 7. The molecule has 2 aromatic heterocycles. The number of nitrogen functional groups attached to an aromatic ring is 1. The molecule has 0 aliphatic heterocycles. The van der Waals surface area contributed by atoms with Gasteiger partial charge < -0.3 is 10.1 Å². The first-order valence-corrected chi connectivity index (χ1v) is 6.81. The van der Waals surface area contributed by atoms with E-state index >= 15 is 0 Å². The van der Waals surface area contributed by atoms with E-state index in [0.29, 0.717) is 19.1 Å². The van der Waals surface area contributed by atoms with Crippen molar-refractivity contribution in [3.8, 4) is 6.01 Å². The predicted molar refractivity (Wildman–Crippen MR) is 75.1 cm³/mol. The lowest BCUT2D eigenvalue weighted by molar-refractivity contribution is 0.292. The molecule has 0 fully saturated rings. The van der Waals surface area contributed by atoms with Gasteiger partial charge in [0.1, 0.15) is 0 Å². The molecule has 19 heavy (non-hydrogen) atoms. The SMILES string of the molecule is CCCOc1nc(NN)nc(NCc2cccs2)n1. The summed E-state index contributed by atoms with van der Waals surface area (Å²) >= 11 is 1.66. The van der Waals surface area contributed by atoms with Crippen LogP contribution < -0.4 is 21.3 Å². The van der Waals surface area contributed by atoms with Crippen molar-refractivity contribution in [1.29, 1.82) is 0 Å². The zero-order chi connectivity index (χ0) is 13.5. The van der Waals surface area contributed by atoms with Crippen LogP contribution in [-0.2, 0) is 6.54 Å². The van der Waals surface area contributed by atoms with Crippen LogP contribution in [0.25, 0.3) is 0 Å². The van der Waals surface area contributed by atoms with Crippen molar-refractivity contribution >= 4 is 23.2 Å². The Bertz CT molecular complexity index is 504. The summed E-state index contributed by atoms with van der Waals surface area (Å²) in [5, 5.41) is 5.13. The molecule has 7 nitrogen and oxygen atoms in total. The van der Waals surface area contributed by atoms with E-state index in [2.05, 4.69) is 25.7 Å². The molecule has 4 N–H and O–H groups in total. The van der Waals surface area contributed by atoms with Crippen molar-refractivity contribution in [2.45, 2.75) is 19.9 Å². The Balaban J connectivity index is 2.05. The smallest absolute Gasteiger partial charge is 0.323 e. The molecule has 2 aromatic rings. The fourth-order valence-electron chi connectivity index (χ4n) is 1.34. The Labute approximate surface area is 115 Å². The van der Waals surface area contributed by atoms with Crippen molar-refractivity contribution in [2.24, 2.45) is 5.84 Å². The number of hydrogen-bond donors (Lipinski definition) is 3. The summed E-state index contributed by atoms with van der Waals surface area (Å²) in [7, 11) is 0. The van der Waals surface area contributed by atoms with E-state index in [1.807, 2.05) is 24.4 Å². The third kappa shape index (κ3) is 4.04. The second-order valence-corrected chi connectivity index (χ2v) is 4.72. The molecule has 2 heterocycles. The van der Waals surface area contributed by atoms with Crippen molar-refractivity contribution in [1.82, 2.24) is 15.0 Å². The van der Waals surface area contributed by atoms with Crippen LogP contribution >= 0.6 is 11.3 Å².